The molecular weight excluding hydrogens is 312 g/mol. The van der Waals surface area contributed by atoms with E-state index >= 15 is 0 Å². The Bertz CT molecular complexity index is 605. The van der Waals surface area contributed by atoms with Gasteiger partial charge in [0.05, 0.1) is 0 Å². The molecular formula is C20H30N4O. The number of aromatic nitrogens is 1. The summed E-state index contributed by atoms with van der Waals surface area (Å²) in [6.45, 7) is 7.62. The third kappa shape index (κ3) is 5.05. The molecule has 1 aromatic heterocycles. The van der Waals surface area contributed by atoms with E-state index < -0.39 is 0 Å². The van der Waals surface area contributed by atoms with Crippen LogP contribution in [0.5, 0.6) is 0 Å². The Balaban J connectivity index is 1.52. The molecule has 0 aromatic carbocycles. The molecule has 0 unspecified atom stereocenters. The molecule has 1 aliphatic heterocycles. The highest BCUT2D eigenvalue weighted by Gasteiger charge is 2.22. The van der Waals surface area contributed by atoms with E-state index in [0.29, 0.717) is 5.69 Å². The van der Waals surface area contributed by atoms with Crippen molar-refractivity contribution in [3.05, 3.63) is 35.7 Å². The van der Waals surface area contributed by atoms with Gasteiger partial charge in [-0.15, -0.1) is 0 Å². The molecule has 1 fully saturated rings. The van der Waals surface area contributed by atoms with E-state index in [1.54, 1.807) is 11.8 Å². The number of carbonyl (C=O) groups is 1. The van der Waals surface area contributed by atoms with E-state index in [1.165, 1.54) is 25.7 Å². The van der Waals surface area contributed by atoms with E-state index in [4.69, 9.17) is 0 Å². The second-order valence-electron chi connectivity index (χ2n) is 6.94. The zero-order valence-corrected chi connectivity index (χ0v) is 15.3. The lowest BCUT2D eigenvalue weighted by Gasteiger charge is -2.33. The molecule has 0 saturated carbocycles. The number of amides is 1. The van der Waals surface area contributed by atoms with E-state index in [1.807, 2.05) is 17.0 Å². The Labute approximate surface area is 151 Å². The van der Waals surface area contributed by atoms with Gasteiger partial charge in [-0.25, -0.2) is 0 Å². The highest BCUT2D eigenvalue weighted by Crippen LogP contribution is 2.20. The van der Waals surface area contributed by atoms with Crippen molar-refractivity contribution in [3.63, 3.8) is 0 Å². The van der Waals surface area contributed by atoms with Crippen LogP contribution >= 0.6 is 0 Å². The molecule has 0 radical (unpaired) electrons. The van der Waals surface area contributed by atoms with Gasteiger partial charge in [0.2, 0.25) is 0 Å². The number of nitrogens with one attached hydrogen (secondary N) is 1. The maximum atomic E-state index is 12.7. The molecule has 1 N–H and O–H groups in total. The highest BCUT2D eigenvalue weighted by atomic mass is 16.2. The van der Waals surface area contributed by atoms with Crippen LogP contribution < -0.4 is 5.32 Å². The minimum absolute atomic E-state index is 0.0504. The van der Waals surface area contributed by atoms with E-state index in [2.05, 4.69) is 28.2 Å². The zero-order chi connectivity index (χ0) is 17.5. The fourth-order valence-corrected chi connectivity index (χ4v) is 3.59. The van der Waals surface area contributed by atoms with Crippen LogP contribution in [0.1, 0.15) is 49.5 Å². The number of carbonyl (C=O) groups excluding carboxylic acids is 1. The summed E-state index contributed by atoms with van der Waals surface area (Å²) in [4.78, 5) is 21.3. The number of rotatable bonds is 6. The summed E-state index contributed by atoms with van der Waals surface area (Å²) in [7, 11) is 0. The second-order valence-corrected chi connectivity index (χ2v) is 6.94. The molecule has 2 aliphatic rings. The van der Waals surface area contributed by atoms with Gasteiger partial charge < -0.3 is 15.1 Å². The monoisotopic (exact) mass is 342 g/mol. The van der Waals surface area contributed by atoms with Crippen LogP contribution in [0.25, 0.3) is 0 Å². The number of hydrogen-bond acceptors (Lipinski definition) is 4. The smallest absolute Gasteiger partial charge is 0.272 e. The lowest BCUT2D eigenvalue weighted by atomic mass is 9.97. The van der Waals surface area contributed by atoms with Gasteiger partial charge in [0.1, 0.15) is 5.69 Å². The van der Waals surface area contributed by atoms with Crippen LogP contribution in [0.2, 0.25) is 0 Å². The van der Waals surface area contributed by atoms with Crippen molar-refractivity contribution in [2.24, 2.45) is 0 Å². The number of nitrogens with zero attached hydrogens (tertiary/aromatic N) is 3. The SMILES string of the molecule is CCN1CCN(C(=O)c2cc(NCCC3=CCCCC3)ccn2)CC1. The standard InChI is InChI=1S/C20H30N4O/c1-2-23-12-14-24(15-13-23)20(25)19-16-18(9-11-22-19)21-10-8-17-6-4-3-5-7-17/h6,9,11,16H,2-5,7-8,10,12-15H2,1H3,(H,21,22). The Morgan fingerprint density at radius 1 is 1.24 bits per heavy atom. The molecule has 5 heteroatoms. The highest BCUT2D eigenvalue weighted by molar-refractivity contribution is 5.93. The van der Waals surface area contributed by atoms with Gasteiger partial charge in [-0.2, -0.15) is 0 Å². The summed E-state index contributed by atoms with van der Waals surface area (Å²) < 4.78 is 0. The molecule has 1 amide bonds. The summed E-state index contributed by atoms with van der Waals surface area (Å²) in [6, 6.07) is 3.84. The van der Waals surface area contributed by atoms with Crippen molar-refractivity contribution in [1.82, 2.24) is 14.8 Å². The van der Waals surface area contributed by atoms with Gasteiger partial charge in [0.15, 0.2) is 0 Å². The molecule has 3 rings (SSSR count). The van der Waals surface area contributed by atoms with Crippen molar-refractivity contribution in [2.45, 2.75) is 39.0 Å². The zero-order valence-electron chi connectivity index (χ0n) is 15.3. The third-order valence-electron chi connectivity index (χ3n) is 5.25. The Hall–Kier alpha value is -1.88. The molecule has 0 spiro atoms. The summed E-state index contributed by atoms with van der Waals surface area (Å²) >= 11 is 0. The predicted octanol–water partition coefficient (Wildman–Crippen LogP) is 3.16. The average Bonchev–Trinajstić information content (AvgIpc) is 2.68. The Morgan fingerprint density at radius 2 is 2.08 bits per heavy atom. The largest absolute Gasteiger partial charge is 0.385 e. The summed E-state index contributed by atoms with van der Waals surface area (Å²) in [5.74, 6) is 0.0504. The van der Waals surface area contributed by atoms with Gasteiger partial charge in [-0.05, 0) is 50.8 Å². The maximum absolute atomic E-state index is 12.7. The minimum Gasteiger partial charge on any atom is -0.385 e. The summed E-state index contributed by atoms with van der Waals surface area (Å²) in [6.07, 6.45) is 10.3. The Kier molecular flexibility index (Phi) is 6.45. The predicted molar refractivity (Wildman–Crippen MR) is 102 cm³/mol. The molecule has 5 nitrogen and oxygen atoms in total. The van der Waals surface area contributed by atoms with E-state index in [9.17, 15) is 4.79 Å². The summed E-state index contributed by atoms with van der Waals surface area (Å²) in [5.41, 5.74) is 3.10. The number of allylic oxidation sites excluding steroid dienone is 1. The van der Waals surface area contributed by atoms with Crippen LogP contribution in [0, 0.1) is 0 Å². The average molecular weight is 342 g/mol. The van der Waals surface area contributed by atoms with Crippen LogP contribution in [-0.2, 0) is 0 Å². The maximum Gasteiger partial charge on any atom is 0.272 e. The van der Waals surface area contributed by atoms with Crippen LogP contribution in [0.15, 0.2) is 30.0 Å². The first-order valence-corrected chi connectivity index (χ1v) is 9.65. The van der Waals surface area contributed by atoms with Gasteiger partial charge in [-0.3, -0.25) is 9.78 Å². The minimum atomic E-state index is 0.0504. The van der Waals surface area contributed by atoms with Gasteiger partial charge >= 0.3 is 0 Å². The summed E-state index contributed by atoms with van der Waals surface area (Å²) in [5, 5.41) is 3.45. The first-order valence-electron chi connectivity index (χ1n) is 9.65. The van der Waals surface area contributed by atoms with Gasteiger partial charge in [0.25, 0.3) is 5.91 Å². The number of hydrogen-bond donors (Lipinski definition) is 1. The molecule has 0 bridgehead atoms. The van der Waals surface area contributed by atoms with Gasteiger partial charge in [0, 0.05) is 44.6 Å². The van der Waals surface area contributed by atoms with Crippen molar-refractivity contribution < 1.29 is 4.79 Å². The van der Waals surface area contributed by atoms with Gasteiger partial charge in [-0.1, -0.05) is 18.6 Å². The fraction of sp³-hybridized carbons (Fsp3) is 0.600. The molecule has 25 heavy (non-hydrogen) atoms. The lowest BCUT2D eigenvalue weighted by molar-refractivity contribution is 0.0637. The van der Waals surface area contributed by atoms with Crippen molar-refractivity contribution >= 4 is 11.6 Å². The van der Waals surface area contributed by atoms with Crippen LogP contribution in [-0.4, -0.2) is 60.0 Å². The molecule has 1 aliphatic carbocycles. The topological polar surface area (TPSA) is 48.5 Å². The molecule has 1 saturated heterocycles. The van der Waals surface area contributed by atoms with Crippen molar-refractivity contribution in [1.29, 1.82) is 0 Å². The van der Waals surface area contributed by atoms with Crippen LogP contribution in [0.4, 0.5) is 5.69 Å². The molecule has 136 valence electrons. The fourth-order valence-electron chi connectivity index (χ4n) is 3.59. The normalized spacial score (nSPS) is 18.8. The molecule has 2 heterocycles. The number of piperazine rings is 1. The lowest BCUT2D eigenvalue weighted by Crippen LogP contribution is -2.48. The number of likely N-dealkylation sites (N-methyl/N-ethyl adjacent to an activating group) is 1. The first-order chi connectivity index (χ1) is 12.3. The number of anilines is 1. The van der Waals surface area contributed by atoms with E-state index in [-0.39, 0.29) is 5.91 Å². The Morgan fingerprint density at radius 3 is 2.80 bits per heavy atom. The molecule has 0 atom stereocenters. The number of pyridine rings is 1. The first kappa shape index (κ1) is 17.9. The third-order valence-corrected chi connectivity index (χ3v) is 5.25. The van der Waals surface area contributed by atoms with Crippen molar-refractivity contribution in [2.75, 3.05) is 44.6 Å². The van der Waals surface area contributed by atoms with E-state index in [0.717, 1.165) is 51.4 Å². The quantitative estimate of drug-likeness (QED) is 0.807. The second kappa shape index (κ2) is 8.99. The molecule has 1 aromatic rings. The van der Waals surface area contributed by atoms with Crippen molar-refractivity contribution in [3.8, 4) is 0 Å². The van der Waals surface area contributed by atoms with Crippen LogP contribution in [0.3, 0.4) is 0 Å².